The molecule has 0 radical (unpaired) electrons. The number of piperazine rings is 2. The standard InChI is InChI=1S/C19H21ClN4O3/c1-12-15(21-18(27-12)13-5-3-4-6-14(13)20)9-23-7-8-24-16(10-23)19(26)22(2)11-17(24)25/h3-6,16H,7-11H2,1-2H3/t16-/m0/s1. The zero-order valence-corrected chi connectivity index (χ0v) is 16.1. The number of hydrogen-bond donors (Lipinski definition) is 0. The second-order valence-corrected chi connectivity index (χ2v) is 7.44. The minimum Gasteiger partial charge on any atom is -0.441 e. The molecule has 2 aliphatic rings. The molecule has 7 nitrogen and oxygen atoms in total. The first-order chi connectivity index (χ1) is 12.9. The fraction of sp³-hybridized carbons (Fsp3) is 0.421. The maximum atomic E-state index is 12.5. The summed E-state index contributed by atoms with van der Waals surface area (Å²) in [4.78, 5) is 34.6. The summed E-state index contributed by atoms with van der Waals surface area (Å²) in [5, 5.41) is 0.591. The zero-order valence-electron chi connectivity index (χ0n) is 15.3. The average molecular weight is 389 g/mol. The van der Waals surface area contributed by atoms with Crippen LogP contribution in [0.4, 0.5) is 0 Å². The van der Waals surface area contributed by atoms with Crippen molar-refractivity contribution in [3.63, 3.8) is 0 Å². The summed E-state index contributed by atoms with van der Waals surface area (Å²) in [6, 6.07) is 7.01. The fourth-order valence-electron chi connectivity index (χ4n) is 3.66. The van der Waals surface area contributed by atoms with Crippen LogP contribution in [0.25, 0.3) is 11.5 Å². The maximum absolute atomic E-state index is 12.5. The van der Waals surface area contributed by atoms with Crippen molar-refractivity contribution in [1.29, 1.82) is 0 Å². The molecule has 2 aliphatic heterocycles. The van der Waals surface area contributed by atoms with Crippen LogP contribution in [0.3, 0.4) is 0 Å². The topological polar surface area (TPSA) is 69.9 Å². The van der Waals surface area contributed by atoms with E-state index in [2.05, 4.69) is 9.88 Å². The summed E-state index contributed by atoms with van der Waals surface area (Å²) in [5.74, 6) is 1.24. The van der Waals surface area contributed by atoms with Crippen molar-refractivity contribution in [2.75, 3.05) is 33.2 Å². The van der Waals surface area contributed by atoms with E-state index in [0.717, 1.165) is 17.0 Å². The lowest BCUT2D eigenvalue weighted by molar-refractivity contribution is -0.158. The first-order valence-corrected chi connectivity index (χ1v) is 9.30. The zero-order chi connectivity index (χ0) is 19.1. The molecule has 2 aromatic rings. The SMILES string of the molecule is Cc1oc(-c2ccccc2Cl)nc1CN1CCN2C(=O)CN(C)C(=O)[C@@H]2C1. The number of fused-ring (bicyclic) bond motifs is 1. The lowest BCUT2D eigenvalue weighted by Gasteiger charge is -2.45. The molecular weight excluding hydrogens is 368 g/mol. The van der Waals surface area contributed by atoms with Crippen LogP contribution in [0.2, 0.25) is 5.02 Å². The van der Waals surface area contributed by atoms with E-state index in [-0.39, 0.29) is 18.4 Å². The number of carbonyl (C=O) groups is 2. The minimum atomic E-state index is -0.416. The van der Waals surface area contributed by atoms with Crippen molar-refractivity contribution in [2.24, 2.45) is 0 Å². The Morgan fingerprint density at radius 2 is 2.04 bits per heavy atom. The number of hydrogen-bond acceptors (Lipinski definition) is 5. The molecule has 8 heteroatoms. The van der Waals surface area contributed by atoms with Gasteiger partial charge in [0, 0.05) is 33.2 Å². The van der Waals surface area contributed by atoms with E-state index in [0.29, 0.717) is 37.1 Å². The van der Waals surface area contributed by atoms with E-state index >= 15 is 0 Å². The Balaban J connectivity index is 1.51. The third-order valence-corrected chi connectivity index (χ3v) is 5.52. The number of aromatic nitrogens is 1. The van der Waals surface area contributed by atoms with Crippen LogP contribution in [-0.2, 0) is 16.1 Å². The molecule has 1 aromatic carbocycles. The van der Waals surface area contributed by atoms with E-state index in [1.807, 2.05) is 25.1 Å². The Morgan fingerprint density at radius 1 is 1.26 bits per heavy atom. The number of carbonyl (C=O) groups excluding carboxylic acids is 2. The third kappa shape index (κ3) is 3.33. The highest BCUT2D eigenvalue weighted by atomic mass is 35.5. The van der Waals surface area contributed by atoms with Gasteiger partial charge in [0.15, 0.2) is 0 Å². The van der Waals surface area contributed by atoms with Crippen LogP contribution in [0, 0.1) is 6.92 Å². The monoisotopic (exact) mass is 388 g/mol. The molecule has 1 atom stereocenters. The summed E-state index contributed by atoms with van der Waals surface area (Å²) in [5.41, 5.74) is 1.58. The first kappa shape index (κ1) is 18.0. The molecule has 0 N–H and O–H groups in total. The maximum Gasteiger partial charge on any atom is 0.246 e. The Kier molecular flexibility index (Phi) is 4.65. The molecule has 0 unspecified atom stereocenters. The van der Waals surface area contributed by atoms with E-state index in [1.54, 1.807) is 18.0 Å². The van der Waals surface area contributed by atoms with Crippen LogP contribution >= 0.6 is 11.6 Å². The number of nitrogens with zero attached hydrogens (tertiary/aromatic N) is 4. The van der Waals surface area contributed by atoms with Gasteiger partial charge >= 0.3 is 0 Å². The molecule has 0 spiro atoms. The summed E-state index contributed by atoms with van der Waals surface area (Å²) >= 11 is 6.24. The van der Waals surface area contributed by atoms with Gasteiger partial charge in [-0.2, -0.15) is 0 Å². The number of rotatable bonds is 3. The number of amides is 2. The van der Waals surface area contributed by atoms with Gasteiger partial charge < -0.3 is 14.2 Å². The molecule has 142 valence electrons. The van der Waals surface area contributed by atoms with Gasteiger partial charge in [0.05, 0.1) is 22.8 Å². The summed E-state index contributed by atoms with van der Waals surface area (Å²) in [6.07, 6.45) is 0. The van der Waals surface area contributed by atoms with Gasteiger partial charge in [-0.25, -0.2) is 4.98 Å². The summed E-state index contributed by atoms with van der Waals surface area (Å²) in [6.45, 7) is 4.36. The van der Waals surface area contributed by atoms with E-state index in [1.165, 1.54) is 4.90 Å². The number of aryl methyl sites for hydroxylation is 1. The van der Waals surface area contributed by atoms with E-state index < -0.39 is 6.04 Å². The molecule has 2 fully saturated rings. The average Bonchev–Trinajstić information content (AvgIpc) is 3.00. The normalized spacial score (nSPS) is 20.9. The molecule has 2 saturated heterocycles. The Labute approximate surface area is 162 Å². The van der Waals surface area contributed by atoms with Crippen molar-refractivity contribution >= 4 is 23.4 Å². The summed E-state index contributed by atoms with van der Waals surface area (Å²) < 4.78 is 5.82. The quantitative estimate of drug-likeness (QED) is 0.801. The number of halogens is 1. The fourth-order valence-corrected chi connectivity index (χ4v) is 3.87. The third-order valence-electron chi connectivity index (χ3n) is 5.19. The van der Waals surface area contributed by atoms with Gasteiger partial charge in [-0.1, -0.05) is 23.7 Å². The smallest absolute Gasteiger partial charge is 0.246 e. The highest BCUT2D eigenvalue weighted by Crippen LogP contribution is 2.29. The van der Waals surface area contributed by atoms with Crippen molar-refractivity contribution in [1.82, 2.24) is 19.7 Å². The predicted octanol–water partition coefficient (Wildman–Crippen LogP) is 1.79. The highest BCUT2D eigenvalue weighted by Gasteiger charge is 2.41. The largest absolute Gasteiger partial charge is 0.441 e. The molecule has 0 saturated carbocycles. The van der Waals surface area contributed by atoms with E-state index in [4.69, 9.17) is 16.0 Å². The lowest BCUT2D eigenvalue weighted by Crippen LogP contribution is -2.65. The Hall–Kier alpha value is -2.38. The molecule has 1 aromatic heterocycles. The molecule has 4 rings (SSSR count). The predicted molar refractivity (Wildman–Crippen MR) is 100 cm³/mol. The van der Waals surface area contributed by atoms with Gasteiger partial charge in [-0.05, 0) is 19.1 Å². The van der Waals surface area contributed by atoms with Crippen molar-refractivity contribution in [3.8, 4) is 11.5 Å². The number of likely N-dealkylation sites (N-methyl/N-ethyl adjacent to an activating group) is 1. The first-order valence-electron chi connectivity index (χ1n) is 8.92. The van der Waals surface area contributed by atoms with Gasteiger partial charge in [0.25, 0.3) is 0 Å². The molecule has 0 bridgehead atoms. The molecule has 0 aliphatic carbocycles. The molecule has 3 heterocycles. The second kappa shape index (κ2) is 6.98. The van der Waals surface area contributed by atoms with E-state index in [9.17, 15) is 9.59 Å². The molecule has 2 amide bonds. The van der Waals surface area contributed by atoms with Crippen molar-refractivity contribution in [3.05, 3.63) is 40.7 Å². The molecular formula is C19H21ClN4O3. The minimum absolute atomic E-state index is 0.00655. The van der Waals surface area contributed by atoms with Crippen LogP contribution in [0.1, 0.15) is 11.5 Å². The lowest BCUT2D eigenvalue weighted by atomic mass is 10.1. The van der Waals surface area contributed by atoms with Crippen LogP contribution in [0.5, 0.6) is 0 Å². The van der Waals surface area contributed by atoms with Gasteiger partial charge in [0.1, 0.15) is 11.8 Å². The van der Waals surface area contributed by atoms with Gasteiger partial charge in [-0.3, -0.25) is 14.5 Å². The number of benzene rings is 1. The Morgan fingerprint density at radius 3 is 2.81 bits per heavy atom. The van der Waals surface area contributed by atoms with Crippen molar-refractivity contribution in [2.45, 2.75) is 19.5 Å². The number of oxazole rings is 1. The Bertz CT molecular complexity index is 897. The summed E-state index contributed by atoms with van der Waals surface area (Å²) in [7, 11) is 1.67. The second-order valence-electron chi connectivity index (χ2n) is 7.03. The van der Waals surface area contributed by atoms with Gasteiger partial charge in [0.2, 0.25) is 17.7 Å². The molecule has 27 heavy (non-hydrogen) atoms. The van der Waals surface area contributed by atoms with Crippen molar-refractivity contribution < 1.29 is 14.0 Å². The van der Waals surface area contributed by atoms with Gasteiger partial charge in [-0.15, -0.1) is 0 Å². The van der Waals surface area contributed by atoms with Crippen LogP contribution < -0.4 is 0 Å². The highest BCUT2D eigenvalue weighted by molar-refractivity contribution is 6.33. The van der Waals surface area contributed by atoms with Crippen LogP contribution in [0.15, 0.2) is 28.7 Å². The van der Waals surface area contributed by atoms with Crippen LogP contribution in [-0.4, -0.2) is 70.8 Å².